The lowest BCUT2D eigenvalue weighted by Gasteiger charge is -2.12. The Kier molecular flexibility index (Phi) is 8.02. The molecule has 152 valence electrons. The van der Waals surface area contributed by atoms with E-state index in [9.17, 15) is 8.42 Å². The Morgan fingerprint density at radius 2 is 1.68 bits per heavy atom. The van der Waals surface area contributed by atoms with E-state index in [1.54, 1.807) is 20.1 Å². The van der Waals surface area contributed by atoms with Crippen molar-refractivity contribution in [1.82, 2.24) is 10.6 Å². The Morgan fingerprint density at radius 3 is 2.25 bits per heavy atom. The number of nitrogens with zero attached hydrogens (tertiary/aromatic N) is 1. The second-order valence-corrected chi connectivity index (χ2v) is 8.65. The normalized spacial score (nSPS) is 12.1. The SMILES string of the molecule is CCNC(=NCc1ccc(S(C)(=O)=O)c(C)c1)NCc1ccc(COC)cc1. The summed E-state index contributed by atoms with van der Waals surface area (Å²) in [4.78, 5) is 4.97. The van der Waals surface area contributed by atoms with E-state index in [2.05, 4.69) is 39.9 Å². The Labute approximate surface area is 168 Å². The lowest BCUT2D eigenvalue weighted by Crippen LogP contribution is -2.36. The van der Waals surface area contributed by atoms with Crippen LogP contribution in [0.15, 0.2) is 52.4 Å². The molecule has 0 aliphatic heterocycles. The molecule has 2 rings (SSSR count). The van der Waals surface area contributed by atoms with Gasteiger partial charge in [0.15, 0.2) is 15.8 Å². The molecule has 0 amide bonds. The highest BCUT2D eigenvalue weighted by Gasteiger charge is 2.10. The molecule has 2 aromatic carbocycles. The van der Waals surface area contributed by atoms with Crippen LogP contribution in [0.4, 0.5) is 0 Å². The monoisotopic (exact) mass is 403 g/mol. The Morgan fingerprint density at radius 1 is 1.04 bits per heavy atom. The number of nitrogens with one attached hydrogen (secondary N) is 2. The Hall–Kier alpha value is -2.38. The maximum absolute atomic E-state index is 11.7. The van der Waals surface area contributed by atoms with Crippen LogP contribution in [0.5, 0.6) is 0 Å². The van der Waals surface area contributed by atoms with Gasteiger partial charge < -0.3 is 15.4 Å². The molecule has 0 bridgehead atoms. The molecule has 0 aliphatic rings. The molecule has 6 nitrogen and oxygen atoms in total. The van der Waals surface area contributed by atoms with Gasteiger partial charge >= 0.3 is 0 Å². The number of guanidine groups is 1. The number of hydrogen-bond donors (Lipinski definition) is 2. The summed E-state index contributed by atoms with van der Waals surface area (Å²) < 4.78 is 28.6. The molecule has 0 fully saturated rings. The summed E-state index contributed by atoms with van der Waals surface area (Å²) in [6, 6.07) is 13.6. The van der Waals surface area contributed by atoms with Crippen molar-refractivity contribution in [2.24, 2.45) is 4.99 Å². The standard InChI is InChI=1S/C21H29N3O3S/c1-5-22-21(23-13-17-6-8-18(9-7-17)15-27-3)24-14-19-10-11-20(16(2)12-19)28(4,25)26/h6-12H,5,13-15H2,1-4H3,(H2,22,23,24). The number of benzene rings is 2. The van der Waals surface area contributed by atoms with Crippen LogP contribution in [0.3, 0.4) is 0 Å². The fraction of sp³-hybridized carbons (Fsp3) is 0.381. The van der Waals surface area contributed by atoms with Gasteiger partial charge in [-0.05, 0) is 42.2 Å². The minimum atomic E-state index is -3.20. The van der Waals surface area contributed by atoms with Crippen molar-refractivity contribution in [3.63, 3.8) is 0 Å². The molecule has 0 saturated heterocycles. The van der Waals surface area contributed by atoms with Crippen LogP contribution < -0.4 is 10.6 Å². The molecule has 2 N–H and O–H groups in total. The van der Waals surface area contributed by atoms with Crippen LogP contribution in [0, 0.1) is 6.92 Å². The lowest BCUT2D eigenvalue weighted by atomic mass is 10.1. The second kappa shape index (κ2) is 10.2. The van der Waals surface area contributed by atoms with Crippen LogP contribution in [-0.2, 0) is 34.3 Å². The second-order valence-electron chi connectivity index (χ2n) is 6.67. The zero-order valence-electron chi connectivity index (χ0n) is 17.0. The van der Waals surface area contributed by atoms with Crippen molar-refractivity contribution in [2.75, 3.05) is 19.9 Å². The maximum atomic E-state index is 11.7. The van der Waals surface area contributed by atoms with Crippen molar-refractivity contribution in [1.29, 1.82) is 0 Å². The molecular formula is C21H29N3O3S. The summed E-state index contributed by atoms with van der Waals surface area (Å²) in [6.45, 7) is 6.31. The van der Waals surface area contributed by atoms with Gasteiger partial charge in [0.1, 0.15) is 0 Å². The van der Waals surface area contributed by atoms with E-state index >= 15 is 0 Å². The highest BCUT2D eigenvalue weighted by molar-refractivity contribution is 7.90. The van der Waals surface area contributed by atoms with Crippen molar-refractivity contribution in [2.45, 2.75) is 38.4 Å². The zero-order chi connectivity index (χ0) is 20.6. The van der Waals surface area contributed by atoms with Gasteiger partial charge in [0.25, 0.3) is 0 Å². The van der Waals surface area contributed by atoms with Crippen LogP contribution in [0.1, 0.15) is 29.2 Å². The van der Waals surface area contributed by atoms with Gasteiger partial charge in [-0.3, -0.25) is 0 Å². The predicted octanol–water partition coefficient (Wildman–Crippen LogP) is 2.80. The van der Waals surface area contributed by atoms with Crippen LogP contribution in [0.2, 0.25) is 0 Å². The first-order valence-corrected chi connectivity index (χ1v) is 11.1. The molecule has 0 saturated carbocycles. The van der Waals surface area contributed by atoms with Gasteiger partial charge in [0.05, 0.1) is 18.0 Å². The van der Waals surface area contributed by atoms with E-state index in [1.165, 1.54) is 6.26 Å². The van der Waals surface area contributed by atoms with E-state index in [0.29, 0.717) is 30.6 Å². The number of methoxy groups -OCH3 is 1. The predicted molar refractivity (Wildman–Crippen MR) is 113 cm³/mol. The van der Waals surface area contributed by atoms with Crippen molar-refractivity contribution < 1.29 is 13.2 Å². The highest BCUT2D eigenvalue weighted by Crippen LogP contribution is 2.17. The molecular weight excluding hydrogens is 374 g/mol. The van der Waals surface area contributed by atoms with Gasteiger partial charge in [-0.2, -0.15) is 0 Å². The number of ether oxygens (including phenoxy) is 1. The molecule has 0 aromatic heterocycles. The zero-order valence-corrected chi connectivity index (χ0v) is 17.8. The molecule has 0 heterocycles. The lowest BCUT2D eigenvalue weighted by molar-refractivity contribution is 0.185. The number of rotatable bonds is 8. The largest absolute Gasteiger partial charge is 0.380 e. The summed E-state index contributed by atoms with van der Waals surface area (Å²) in [7, 11) is -1.52. The molecule has 0 radical (unpaired) electrons. The topological polar surface area (TPSA) is 79.8 Å². The quantitative estimate of drug-likeness (QED) is 0.523. The first-order chi connectivity index (χ1) is 13.3. The summed E-state index contributed by atoms with van der Waals surface area (Å²) in [5.74, 6) is 0.716. The van der Waals surface area contributed by atoms with Gasteiger partial charge in [-0.25, -0.2) is 13.4 Å². The third kappa shape index (κ3) is 6.65. The van der Waals surface area contributed by atoms with Gasteiger partial charge in [-0.15, -0.1) is 0 Å². The third-order valence-electron chi connectivity index (χ3n) is 4.20. The van der Waals surface area contributed by atoms with Crippen LogP contribution in [0.25, 0.3) is 0 Å². The number of aliphatic imine (C=N–C) groups is 1. The van der Waals surface area contributed by atoms with E-state index in [-0.39, 0.29) is 0 Å². The van der Waals surface area contributed by atoms with Crippen molar-refractivity contribution in [3.8, 4) is 0 Å². The average Bonchev–Trinajstić information content (AvgIpc) is 2.64. The summed E-state index contributed by atoms with van der Waals surface area (Å²) in [6.07, 6.45) is 1.22. The fourth-order valence-corrected chi connectivity index (χ4v) is 3.80. The van der Waals surface area contributed by atoms with Crippen LogP contribution >= 0.6 is 0 Å². The van der Waals surface area contributed by atoms with Crippen LogP contribution in [-0.4, -0.2) is 34.3 Å². The number of sulfone groups is 1. The molecule has 0 atom stereocenters. The maximum Gasteiger partial charge on any atom is 0.191 e. The third-order valence-corrected chi connectivity index (χ3v) is 5.45. The fourth-order valence-electron chi connectivity index (χ4n) is 2.84. The van der Waals surface area contributed by atoms with Gasteiger partial charge in [-0.1, -0.05) is 36.4 Å². The summed E-state index contributed by atoms with van der Waals surface area (Å²) in [5.41, 5.74) is 3.99. The minimum absolute atomic E-state index is 0.363. The summed E-state index contributed by atoms with van der Waals surface area (Å²) >= 11 is 0. The first kappa shape index (κ1) is 21.9. The van der Waals surface area contributed by atoms with Crippen molar-refractivity contribution in [3.05, 3.63) is 64.7 Å². The van der Waals surface area contributed by atoms with Gasteiger partial charge in [0, 0.05) is 26.5 Å². The van der Waals surface area contributed by atoms with E-state index in [1.807, 2.05) is 19.1 Å². The van der Waals surface area contributed by atoms with E-state index in [0.717, 1.165) is 28.8 Å². The molecule has 2 aromatic rings. The molecule has 0 unspecified atom stereocenters. The molecule has 0 aliphatic carbocycles. The first-order valence-electron chi connectivity index (χ1n) is 9.22. The van der Waals surface area contributed by atoms with E-state index in [4.69, 9.17) is 4.74 Å². The number of hydrogen-bond acceptors (Lipinski definition) is 4. The molecule has 0 spiro atoms. The van der Waals surface area contributed by atoms with Gasteiger partial charge in [0.2, 0.25) is 0 Å². The number of aryl methyl sites for hydroxylation is 1. The molecule has 28 heavy (non-hydrogen) atoms. The minimum Gasteiger partial charge on any atom is -0.380 e. The smallest absolute Gasteiger partial charge is 0.191 e. The Bertz CT molecular complexity index is 907. The Balaban J connectivity index is 2.02. The van der Waals surface area contributed by atoms with E-state index < -0.39 is 9.84 Å². The van der Waals surface area contributed by atoms with Crippen molar-refractivity contribution >= 4 is 15.8 Å². The summed E-state index contributed by atoms with van der Waals surface area (Å²) in [5, 5.41) is 6.55. The average molecular weight is 404 g/mol. The highest BCUT2D eigenvalue weighted by atomic mass is 32.2. The molecule has 7 heteroatoms.